The van der Waals surface area contributed by atoms with Crippen LogP contribution < -0.4 is 15.5 Å². The van der Waals surface area contributed by atoms with Crippen molar-refractivity contribution in [1.29, 1.82) is 0 Å². The van der Waals surface area contributed by atoms with Crippen molar-refractivity contribution in [2.75, 3.05) is 13.2 Å². The number of carbonyl (C=O) groups excluding carboxylic acids is 3. The lowest BCUT2D eigenvalue weighted by molar-refractivity contribution is -0.130. The molecular weight excluding hydrogens is 360 g/mol. The van der Waals surface area contributed by atoms with Gasteiger partial charge >= 0.3 is 6.03 Å². The van der Waals surface area contributed by atoms with Crippen LogP contribution in [0.25, 0.3) is 0 Å². The zero-order chi connectivity index (χ0) is 20.7. The van der Waals surface area contributed by atoms with Gasteiger partial charge in [0.2, 0.25) is 5.91 Å². The van der Waals surface area contributed by atoms with Crippen LogP contribution >= 0.6 is 0 Å². The molecule has 0 atom stereocenters. The molecule has 0 radical (unpaired) electrons. The lowest BCUT2D eigenvalue weighted by Crippen LogP contribution is -2.40. The van der Waals surface area contributed by atoms with E-state index in [-0.39, 0.29) is 24.8 Å². The molecule has 0 unspecified atom stereocenters. The number of ether oxygens (including phenoxy) is 1. The Balaban J connectivity index is 1.74. The van der Waals surface area contributed by atoms with E-state index in [1.165, 1.54) is 6.21 Å². The molecule has 2 rings (SSSR count). The van der Waals surface area contributed by atoms with Crippen molar-refractivity contribution in [2.45, 2.75) is 46.1 Å². The van der Waals surface area contributed by atoms with Crippen molar-refractivity contribution in [3.05, 3.63) is 29.8 Å². The highest BCUT2D eigenvalue weighted by atomic mass is 16.5. The predicted molar refractivity (Wildman–Crippen MR) is 106 cm³/mol. The first-order valence-electron chi connectivity index (χ1n) is 9.38. The molecule has 1 aromatic rings. The van der Waals surface area contributed by atoms with E-state index in [2.05, 4.69) is 29.7 Å². The summed E-state index contributed by atoms with van der Waals surface area (Å²) in [6.45, 7) is 8.23. The largest absolute Gasteiger partial charge is 0.494 e. The number of hydrogen-bond donors (Lipinski definition) is 2. The van der Waals surface area contributed by atoms with Crippen molar-refractivity contribution in [3.8, 4) is 5.75 Å². The van der Waals surface area contributed by atoms with Crippen LogP contribution in [0.15, 0.2) is 29.4 Å². The Bertz CT molecular complexity index is 741. The molecule has 1 aliphatic heterocycles. The summed E-state index contributed by atoms with van der Waals surface area (Å²) in [4.78, 5) is 36.7. The second-order valence-corrected chi connectivity index (χ2v) is 7.66. The molecule has 4 amide bonds. The number of nitrogens with zero attached hydrogens (tertiary/aromatic N) is 2. The van der Waals surface area contributed by atoms with Crippen LogP contribution in [0.4, 0.5) is 4.79 Å². The minimum absolute atomic E-state index is 0.0118. The first-order valence-corrected chi connectivity index (χ1v) is 9.38. The predicted octanol–water partition coefficient (Wildman–Crippen LogP) is 2.28. The van der Waals surface area contributed by atoms with Crippen LogP contribution in [0.1, 0.15) is 46.1 Å². The summed E-state index contributed by atoms with van der Waals surface area (Å²) in [5.74, 6) is 0.664. The maximum atomic E-state index is 12.0. The van der Waals surface area contributed by atoms with Crippen molar-refractivity contribution >= 4 is 24.1 Å². The molecule has 1 aromatic carbocycles. The fourth-order valence-corrected chi connectivity index (χ4v) is 2.53. The first-order chi connectivity index (χ1) is 13.2. The summed E-state index contributed by atoms with van der Waals surface area (Å²) in [6, 6.07) is 6.90. The number of hydrazone groups is 1. The van der Waals surface area contributed by atoms with Crippen LogP contribution in [-0.2, 0) is 9.59 Å². The lowest BCUT2D eigenvalue weighted by atomic mass is 10.1. The van der Waals surface area contributed by atoms with Gasteiger partial charge in [0, 0.05) is 13.0 Å². The van der Waals surface area contributed by atoms with E-state index in [9.17, 15) is 14.4 Å². The van der Waals surface area contributed by atoms with Gasteiger partial charge in [0.15, 0.2) is 0 Å². The number of rotatable bonds is 9. The lowest BCUT2D eigenvalue weighted by Gasteiger charge is -2.15. The van der Waals surface area contributed by atoms with Gasteiger partial charge in [0.25, 0.3) is 5.91 Å². The van der Waals surface area contributed by atoms with Crippen LogP contribution in [0.2, 0.25) is 0 Å². The van der Waals surface area contributed by atoms with E-state index in [0.717, 1.165) is 22.6 Å². The van der Waals surface area contributed by atoms with Crippen molar-refractivity contribution in [3.63, 3.8) is 0 Å². The van der Waals surface area contributed by atoms with Gasteiger partial charge in [-0.3, -0.25) is 14.5 Å². The maximum Gasteiger partial charge on any atom is 0.325 e. The maximum absolute atomic E-state index is 12.0. The molecule has 0 aliphatic carbocycles. The van der Waals surface area contributed by atoms with Gasteiger partial charge in [-0.05, 0) is 56.0 Å². The zero-order valence-corrected chi connectivity index (χ0v) is 16.8. The average Bonchev–Trinajstić information content (AvgIpc) is 2.81. The Hall–Kier alpha value is -2.90. The number of benzene rings is 1. The highest BCUT2D eigenvalue weighted by Crippen LogP contribution is 2.16. The summed E-state index contributed by atoms with van der Waals surface area (Å²) in [5.41, 5.74) is 2.27. The summed E-state index contributed by atoms with van der Waals surface area (Å²) in [6.07, 6.45) is 2.50. The van der Waals surface area contributed by atoms with Crippen molar-refractivity contribution < 1.29 is 19.1 Å². The van der Waals surface area contributed by atoms with E-state index in [0.29, 0.717) is 12.5 Å². The number of imide groups is 1. The topological polar surface area (TPSA) is 100 Å². The minimum atomic E-state index is -0.934. The van der Waals surface area contributed by atoms with Crippen LogP contribution in [-0.4, -0.2) is 47.7 Å². The molecule has 1 saturated heterocycles. The third kappa shape index (κ3) is 6.07. The standard InChI is InChI=1S/C20H28N4O4/c1-14(2)10-12-28-16-7-5-15(6-8-16)13-21-23-17(25)9-11-24-18(26)20(3,4)22-19(24)27/h5-8,13-14H,9-12H2,1-4H3,(H,22,27)(H,23,25)/b21-13-. The fourth-order valence-electron chi connectivity index (χ4n) is 2.53. The Kier molecular flexibility index (Phi) is 7.14. The zero-order valence-electron chi connectivity index (χ0n) is 16.8. The third-order valence-electron chi connectivity index (χ3n) is 4.25. The normalized spacial score (nSPS) is 16.0. The molecule has 8 heteroatoms. The first kappa shape index (κ1) is 21.4. The van der Waals surface area contributed by atoms with E-state index in [1.807, 2.05) is 24.3 Å². The molecule has 0 bridgehead atoms. The van der Waals surface area contributed by atoms with Gasteiger partial charge < -0.3 is 10.1 Å². The van der Waals surface area contributed by atoms with Gasteiger partial charge in [-0.1, -0.05) is 13.8 Å². The van der Waals surface area contributed by atoms with Crippen LogP contribution in [0.3, 0.4) is 0 Å². The Morgan fingerprint density at radius 2 is 1.96 bits per heavy atom. The molecule has 28 heavy (non-hydrogen) atoms. The molecule has 1 heterocycles. The number of nitrogens with one attached hydrogen (secondary N) is 2. The molecule has 8 nitrogen and oxygen atoms in total. The summed E-state index contributed by atoms with van der Waals surface area (Å²) in [5, 5.41) is 6.47. The molecule has 0 saturated carbocycles. The Morgan fingerprint density at radius 3 is 2.54 bits per heavy atom. The van der Waals surface area contributed by atoms with E-state index >= 15 is 0 Å². The molecule has 0 aromatic heterocycles. The van der Waals surface area contributed by atoms with Gasteiger partial charge in [-0.2, -0.15) is 5.10 Å². The summed E-state index contributed by atoms with van der Waals surface area (Å²) < 4.78 is 5.65. The highest BCUT2D eigenvalue weighted by Gasteiger charge is 2.43. The van der Waals surface area contributed by atoms with E-state index in [1.54, 1.807) is 13.8 Å². The molecule has 1 aliphatic rings. The third-order valence-corrected chi connectivity index (χ3v) is 4.25. The summed E-state index contributed by atoms with van der Waals surface area (Å²) in [7, 11) is 0. The Labute approximate surface area is 165 Å². The average molecular weight is 388 g/mol. The van der Waals surface area contributed by atoms with Gasteiger partial charge in [0.05, 0.1) is 12.8 Å². The second kappa shape index (κ2) is 9.34. The van der Waals surface area contributed by atoms with Gasteiger partial charge in [-0.25, -0.2) is 10.2 Å². The Morgan fingerprint density at radius 1 is 1.29 bits per heavy atom. The SMILES string of the molecule is CC(C)CCOc1ccc(/C=N\NC(=O)CCN2C(=O)NC(C)(C)C2=O)cc1. The van der Waals surface area contributed by atoms with Gasteiger partial charge in [-0.15, -0.1) is 0 Å². The van der Waals surface area contributed by atoms with Crippen molar-refractivity contribution in [2.24, 2.45) is 11.0 Å². The van der Waals surface area contributed by atoms with Gasteiger partial charge in [0.1, 0.15) is 11.3 Å². The summed E-state index contributed by atoms with van der Waals surface area (Å²) >= 11 is 0. The van der Waals surface area contributed by atoms with E-state index in [4.69, 9.17) is 4.74 Å². The molecule has 1 fully saturated rings. The quantitative estimate of drug-likeness (QED) is 0.385. The molecular formula is C20H28N4O4. The van der Waals surface area contributed by atoms with E-state index < -0.39 is 11.6 Å². The highest BCUT2D eigenvalue weighted by molar-refractivity contribution is 6.06. The minimum Gasteiger partial charge on any atom is -0.494 e. The number of hydrogen-bond acceptors (Lipinski definition) is 5. The molecule has 2 N–H and O–H groups in total. The molecule has 0 spiro atoms. The number of carbonyl (C=O) groups is 3. The molecule has 152 valence electrons. The smallest absolute Gasteiger partial charge is 0.325 e. The fraction of sp³-hybridized carbons (Fsp3) is 0.500. The monoisotopic (exact) mass is 388 g/mol. The number of amides is 4. The van der Waals surface area contributed by atoms with Crippen LogP contribution in [0.5, 0.6) is 5.75 Å². The van der Waals surface area contributed by atoms with Crippen LogP contribution in [0, 0.1) is 5.92 Å². The van der Waals surface area contributed by atoms with Crippen molar-refractivity contribution in [1.82, 2.24) is 15.6 Å². The second-order valence-electron chi connectivity index (χ2n) is 7.66. The number of urea groups is 1.